The molecule has 128 valence electrons. The van der Waals surface area contributed by atoms with Crippen molar-refractivity contribution in [1.29, 1.82) is 0 Å². The Morgan fingerprint density at radius 2 is 2.16 bits per heavy atom. The van der Waals surface area contributed by atoms with Crippen LogP contribution in [0.25, 0.3) is 10.6 Å². The number of nitrogen functional groups attached to an aromatic ring is 1. The maximum absolute atomic E-state index is 10.4. The number of nitrogens with zero attached hydrogens (tertiary/aromatic N) is 3. The normalized spacial score (nSPS) is 14.9. The van der Waals surface area contributed by atoms with Gasteiger partial charge in [-0.15, -0.1) is 10.2 Å². The van der Waals surface area contributed by atoms with E-state index in [1.54, 1.807) is 30.6 Å². The molecule has 1 fully saturated rings. The number of hydrogen-bond acceptors (Lipinski definition) is 8. The van der Waals surface area contributed by atoms with E-state index < -0.39 is 6.23 Å². The molecule has 0 spiro atoms. The monoisotopic (exact) mass is 355 g/mol. The highest BCUT2D eigenvalue weighted by Crippen LogP contribution is 2.33. The maximum Gasteiger partial charge on any atom is 0.208 e. The molecule has 0 bridgehead atoms. The van der Waals surface area contributed by atoms with Crippen molar-refractivity contribution in [2.45, 2.75) is 25.2 Å². The van der Waals surface area contributed by atoms with Gasteiger partial charge in [-0.25, -0.2) is 0 Å². The molecule has 25 heavy (non-hydrogen) atoms. The summed E-state index contributed by atoms with van der Waals surface area (Å²) in [5, 5.41) is 22.7. The first-order chi connectivity index (χ1) is 12.2. The molecule has 2 heterocycles. The Balaban J connectivity index is 1.45. The van der Waals surface area contributed by atoms with Crippen LogP contribution in [-0.2, 0) is 0 Å². The average Bonchev–Trinajstić information content (AvgIpc) is 3.33. The molecule has 1 atom stereocenters. The van der Waals surface area contributed by atoms with E-state index in [4.69, 9.17) is 10.5 Å². The Bertz CT molecular complexity index is 866. The molecule has 1 unspecified atom stereocenters. The van der Waals surface area contributed by atoms with Gasteiger partial charge in [0.15, 0.2) is 11.2 Å². The lowest BCUT2D eigenvalue weighted by atomic mass is 10.1. The maximum atomic E-state index is 10.4. The number of aromatic nitrogens is 3. The van der Waals surface area contributed by atoms with Crippen molar-refractivity contribution >= 4 is 22.2 Å². The van der Waals surface area contributed by atoms with Crippen molar-refractivity contribution in [3.05, 3.63) is 48.3 Å². The molecular formula is C17H17N5O2S. The minimum absolute atomic E-state index is 0.281. The Morgan fingerprint density at radius 1 is 1.28 bits per heavy atom. The van der Waals surface area contributed by atoms with Crippen molar-refractivity contribution in [2.24, 2.45) is 0 Å². The van der Waals surface area contributed by atoms with E-state index in [1.165, 1.54) is 11.3 Å². The second kappa shape index (κ2) is 6.66. The zero-order chi connectivity index (χ0) is 17.2. The third-order valence-electron chi connectivity index (χ3n) is 3.76. The molecule has 1 saturated carbocycles. The van der Waals surface area contributed by atoms with Crippen LogP contribution in [-0.4, -0.2) is 26.4 Å². The van der Waals surface area contributed by atoms with Gasteiger partial charge in [-0.3, -0.25) is 4.98 Å². The van der Waals surface area contributed by atoms with Gasteiger partial charge in [0.05, 0.1) is 11.8 Å². The van der Waals surface area contributed by atoms with Crippen LogP contribution in [0, 0.1) is 0 Å². The highest BCUT2D eigenvalue weighted by Gasteiger charge is 2.24. The smallest absolute Gasteiger partial charge is 0.208 e. The van der Waals surface area contributed by atoms with Crippen LogP contribution in [0.2, 0.25) is 0 Å². The fourth-order valence-corrected chi connectivity index (χ4v) is 3.05. The van der Waals surface area contributed by atoms with Crippen LogP contribution < -0.4 is 15.8 Å². The van der Waals surface area contributed by atoms with Gasteiger partial charge >= 0.3 is 0 Å². The Kier molecular flexibility index (Phi) is 4.21. The third kappa shape index (κ3) is 3.70. The predicted octanol–water partition coefficient (Wildman–Crippen LogP) is 2.83. The van der Waals surface area contributed by atoms with Crippen LogP contribution >= 0.6 is 11.3 Å². The zero-order valence-corrected chi connectivity index (χ0v) is 14.1. The number of pyridine rings is 1. The lowest BCUT2D eigenvalue weighted by Crippen LogP contribution is -2.10. The number of anilines is 2. The van der Waals surface area contributed by atoms with E-state index >= 15 is 0 Å². The van der Waals surface area contributed by atoms with Crippen molar-refractivity contribution in [1.82, 2.24) is 15.2 Å². The van der Waals surface area contributed by atoms with Gasteiger partial charge in [0.1, 0.15) is 5.75 Å². The van der Waals surface area contributed by atoms with E-state index in [2.05, 4.69) is 20.5 Å². The largest absolute Gasteiger partial charge is 0.488 e. The Hall–Kier alpha value is -2.71. The van der Waals surface area contributed by atoms with Crippen LogP contribution in [0.1, 0.15) is 24.6 Å². The van der Waals surface area contributed by atoms with E-state index in [0.717, 1.165) is 23.4 Å². The molecule has 8 heteroatoms. The van der Waals surface area contributed by atoms with Gasteiger partial charge in [0.2, 0.25) is 5.13 Å². The molecule has 1 aromatic carbocycles. The number of hydrogen-bond donors (Lipinski definition) is 3. The zero-order valence-electron chi connectivity index (χ0n) is 13.3. The number of nitrogens with two attached hydrogens (primary N) is 1. The summed E-state index contributed by atoms with van der Waals surface area (Å²) in [7, 11) is 0. The molecule has 2 aromatic heterocycles. The summed E-state index contributed by atoms with van der Waals surface area (Å²) < 4.78 is 5.71. The SMILES string of the molecule is Nc1cc(C(O)Nc2nnc(-c3cccnc3)s2)ccc1OC1CC1. The predicted molar refractivity (Wildman–Crippen MR) is 96.2 cm³/mol. The summed E-state index contributed by atoms with van der Waals surface area (Å²) in [6, 6.07) is 9.03. The van der Waals surface area contributed by atoms with Gasteiger partial charge < -0.3 is 20.9 Å². The van der Waals surface area contributed by atoms with E-state index in [9.17, 15) is 5.11 Å². The fourth-order valence-electron chi connectivity index (χ4n) is 2.30. The van der Waals surface area contributed by atoms with Crippen molar-refractivity contribution < 1.29 is 9.84 Å². The molecule has 0 amide bonds. The average molecular weight is 355 g/mol. The quantitative estimate of drug-likeness (QED) is 0.461. The molecule has 4 rings (SSSR count). The first-order valence-electron chi connectivity index (χ1n) is 7.93. The summed E-state index contributed by atoms with van der Waals surface area (Å²) in [6.07, 6.45) is 4.91. The number of rotatable bonds is 6. The standard InChI is InChI=1S/C17H17N5O2S/c18-13-8-10(3-6-14(13)24-12-4-5-12)15(23)20-17-22-21-16(25-17)11-2-1-7-19-9-11/h1-3,6-9,12,15,23H,4-5,18H2,(H,20,22). The number of benzene rings is 1. The first-order valence-corrected chi connectivity index (χ1v) is 8.75. The summed E-state index contributed by atoms with van der Waals surface area (Å²) in [5.74, 6) is 0.660. The topological polar surface area (TPSA) is 106 Å². The lowest BCUT2D eigenvalue weighted by Gasteiger charge is -2.14. The minimum Gasteiger partial charge on any atom is -0.488 e. The van der Waals surface area contributed by atoms with Gasteiger partial charge in [-0.2, -0.15) is 0 Å². The molecule has 0 saturated heterocycles. The van der Waals surface area contributed by atoms with E-state index in [1.807, 2.05) is 12.1 Å². The molecular weight excluding hydrogens is 338 g/mol. The summed E-state index contributed by atoms with van der Waals surface area (Å²) >= 11 is 1.34. The summed E-state index contributed by atoms with van der Waals surface area (Å²) in [6.45, 7) is 0. The Morgan fingerprint density at radius 3 is 2.88 bits per heavy atom. The second-order valence-electron chi connectivity index (χ2n) is 5.82. The van der Waals surface area contributed by atoms with Gasteiger partial charge in [0, 0.05) is 23.5 Å². The van der Waals surface area contributed by atoms with E-state index in [-0.39, 0.29) is 6.10 Å². The van der Waals surface area contributed by atoms with Crippen LogP contribution in [0.4, 0.5) is 10.8 Å². The second-order valence-corrected chi connectivity index (χ2v) is 6.79. The Labute approximate surface area is 148 Å². The molecule has 1 aliphatic carbocycles. The molecule has 3 aromatic rings. The molecule has 7 nitrogen and oxygen atoms in total. The van der Waals surface area contributed by atoms with Crippen molar-refractivity contribution in [3.63, 3.8) is 0 Å². The first kappa shape index (κ1) is 15.8. The number of aliphatic hydroxyl groups excluding tert-OH is 1. The molecule has 1 aliphatic rings. The van der Waals surface area contributed by atoms with E-state index in [0.29, 0.717) is 22.1 Å². The fraction of sp³-hybridized carbons (Fsp3) is 0.235. The van der Waals surface area contributed by atoms with Crippen molar-refractivity contribution in [2.75, 3.05) is 11.1 Å². The van der Waals surface area contributed by atoms with Crippen LogP contribution in [0.5, 0.6) is 5.75 Å². The molecule has 0 aliphatic heterocycles. The van der Waals surface area contributed by atoms with Crippen molar-refractivity contribution in [3.8, 4) is 16.3 Å². The summed E-state index contributed by atoms with van der Waals surface area (Å²) in [5.41, 5.74) is 8.05. The lowest BCUT2D eigenvalue weighted by molar-refractivity contribution is 0.208. The van der Waals surface area contributed by atoms with Crippen LogP contribution in [0.15, 0.2) is 42.7 Å². The third-order valence-corrected chi connectivity index (χ3v) is 4.66. The number of nitrogens with one attached hydrogen (secondary N) is 1. The highest BCUT2D eigenvalue weighted by atomic mass is 32.1. The van der Waals surface area contributed by atoms with Gasteiger partial charge in [-0.05, 0) is 37.1 Å². The molecule has 0 radical (unpaired) electrons. The van der Waals surface area contributed by atoms with Gasteiger partial charge in [-0.1, -0.05) is 17.4 Å². The summed E-state index contributed by atoms with van der Waals surface area (Å²) in [4.78, 5) is 4.06. The van der Waals surface area contributed by atoms with Gasteiger partial charge in [0.25, 0.3) is 0 Å². The molecule has 4 N–H and O–H groups in total. The number of aliphatic hydroxyl groups is 1. The minimum atomic E-state index is -0.938. The number of ether oxygens (including phenoxy) is 1. The highest BCUT2D eigenvalue weighted by molar-refractivity contribution is 7.18. The van der Waals surface area contributed by atoms with Crippen LogP contribution in [0.3, 0.4) is 0 Å².